The van der Waals surface area contributed by atoms with E-state index in [1.807, 2.05) is 18.2 Å². The zero-order valence-electron chi connectivity index (χ0n) is 24.4. The third-order valence-corrected chi connectivity index (χ3v) is 8.80. The SMILES string of the molecule is C=C1/C=C\C=C/Cc2c(oc3ccccc23)-c2c1c1ccccc1n2-c1nc(-c2ccccc2)c2ccc3ccccc3c2n1. The van der Waals surface area contributed by atoms with Gasteiger partial charge in [-0.1, -0.05) is 128 Å². The normalized spacial score (nSPS) is 14.5. The molecule has 4 nitrogen and oxygen atoms in total. The minimum Gasteiger partial charge on any atom is -0.454 e. The van der Waals surface area contributed by atoms with Crippen molar-refractivity contribution in [1.82, 2.24) is 14.5 Å². The molecule has 0 unspecified atom stereocenters. The van der Waals surface area contributed by atoms with E-state index in [-0.39, 0.29) is 0 Å². The molecule has 5 aromatic carbocycles. The van der Waals surface area contributed by atoms with Crippen LogP contribution in [0.4, 0.5) is 0 Å². The van der Waals surface area contributed by atoms with Crippen LogP contribution in [-0.2, 0) is 6.42 Å². The van der Waals surface area contributed by atoms with Crippen molar-refractivity contribution < 1.29 is 4.42 Å². The van der Waals surface area contributed by atoms with E-state index < -0.39 is 0 Å². The smallest absolute Gasteiger partial charge is 0.235 e. The molecule has 0 amide bonds. The number of furan rings is 1. The summed E-state index contributed by atoms with van der Waals surface area (Å²) >= 11 is 0. The quantitative estimate of drug-likeness (QED) is 0.192. The van der Waals surface area contributed by atoms with Gasteiger partial charge in [-0.05, 0) is 35.6 Å². The van der Waals surface area contributed by atoms with E-state index in [1.54, 1.807) is 0 Å². The Morgan fingerprint density at radius 1 is 0.667 bits per heavy atom. The lowest BCUT2D eigenvalue weighted by Gasteiger charge is -2.15. The molecule has 0 radical (unpaired) electrons. The number of allylic oxidation sites excluding steroid dienone is 5. The molecular formula is C41H27N3O. The fourth-order valence-corrected chi connectivity index (χ4v) is 6.77. The summed E-state index contributed by atoms with van der Waals surface area (Å²) in [5.74, 6) is 1.40. The first kappa shape index (κ1) is 25.5. The van der Waals surface area contributed by atoms with Gasteiger partial charge in [-0.2, -0.15) is 0 Å². The topological polar surface area (TPSA) is 43.9 Å². The van der Waals surface area contributed by atoms with Crippen LogP contribution in [0.15, 0.2) is 151 Å². The average Bonchev–Trinajstić information content (AvgIpc) is 3.63. The van der Waals surface area contributed by atoms with Crippen LogP contribution in [0.3, 0.4) is 0 Å². The highest BCUT2D eigenvalue weighted by molar-refractivity contribution is 6.10. The lowest BCUT2D eigenvalue weighted by molar-refractivity contribution is 0.623. The molecule has 45 heavy (non-hydrogen) atoms. The highest BCUT2D eigenvalue weighted by atomic mass is 16.3. The van der Waals surface area contributed by atoms with Gasteiger partial charge >= 0.3 is 0 Å². The molecule has 0 spiro atoms. The molecule has 212 valence electrons. The molecule has 0 saturated heterocycles. The maximum absolute atomic E-state index is 6.79. The Bertz CT molecular complexity index is 2530. The number of hydrogen-bond donors (Lipinski definition) is 0. The van der Waals surface area contributed by atoms with Gasteiger partial charge in [-0.15, -0.1) is 0 Å². The highest BCUT2D eigenvalue weighted by Crippen LogP contribution is 2.45. The van der Waals surface area contributed by atoms with E-state index in [0.717, 1.165) is 89.4 Å². The van der Waals surface area contributed by atoms with Gasteiger partial charge in [-0.25, -0.2) is 9.97 Å². The summed E-state index contributed by atoms with van der Waals surface area (Å²) < 4.78 is 8.97. The van der Waals surface area contributed by atoms with Crippen LogP contribution in [0, 0.1) is 0 Å². The van der Waals surface area contributed by atoms with Gasteiger partial charge in [-0.3, -0.25) is 4.57 Å². The van der Waals surface area contributed by atoms with E-state index in [2.05, 4.69) is 133 Å². The van der Waals surface area contributed by atoms with Crippen LogP contribution >= 0.6 is 0 Å². The predicted octanol–water partition coefficient (Wildman–Crippen LogP) is 10.5. The zero-order chi connectivity index (χ0) is 29.9. The number of aromatic nitrogens is 3. The average molecular weight is 578 g/mol. The molecule has 0 N–H and O–H groups in total. The molecule has 0 saturated carbocycles. The molecule has 0 bridgehead atoms. The Kier molecular flexibility index (Phi) is 5.69. The standard InChI is InChI=1S/C41H27N3O/c1-26-14-4-2-7-20-31-30-19-11-13-23-35(30)45-40(31)39-36(26)32-21-10-12-22-34(32)44(39)41-42-37(28-16-5-3-6-17-28)33-25-24-27-15-8-9-18-29(27)38(33)43-41/h2-19,21-25H,1,20H2/b7-2-,14-4-. The van der Waals surface area contributed by atoms with Crippen molar-refractivity contribution in [3.05, 3.63) is 157 Å². The van der Waals surface area contributed by atoms with E-state index in [4.69, 9.17) is 14.4 Å². The second-order valence-electron chi connectivity index (χ2n) is 11.4. The first-order valence-corrected chi connectivity index (χ1v) is 15.2. The zero-order valence-corrected chi connectivity index (χ0v) is 24.4. The Balaban J connectivity index is 1.48. The van der Waals surface area contributed by atoms with E-state index in [9.17, 15) is 0 Å². The monoisotopic (exact) mass is 577 g/mol. The summed E-state index contributed by atoms with van der Waals surface area (Å²) in [5.41, 5.74) is 8.63. The number of para-hydroxylation sites is 2. The Morgan fingerprint density at radius 3 is 2.31 bits per heavy atom. The number of hydrogen-bond acceptors (Lipinski definition) is 3. The molecule has 0 atom stereocenters. The second-order valence-corrected chi connectivity index (χ2v) is 11.4. The summed E-state index contributed by atoms with van der Waals surface area (Å²) in [4.78, 5) is 10.8. The number of benzene rings is 5. The molecule has 0 fully saturated rings. The number of rotatable bonds is 2. The van der Waals surface area contributed by atoms with Crippen molar-refractivity contribution in [3.63, 3.8) is 0 Å². The Morgan fingerprint density at radius 2 is 1.42 bits per heavy atom. The minimum atomic E-state index is 0.589. The van der Waals surface area contributed by atoms with Gasteiger partial charge in [0.15, 0.2) is 5.76 Å². The van der Waals surface area contributed by atoms with Crippen molar-refractivity contribution in [2.75, 3.05) is 0 Å². The fourth-order valence-electron chi connectivity index (χ4n) is 6.77. The molecule has 3 heterocycles. The first-order valence-electron chi connectivity index (χ1n) is 15.2. The molecule has 3 aromatic heterocycles. The van der Waals surface area contributed by atoms with Crippen molar-refractivity contribution in [1.29, 1.82) is 0 Å². The summed E-state index contributed by atoms with van der Waals surface area (Å²) in [6.07, 6.45) is 9.13. The van der Waals surface area contributed by atoms with E-state index >= 15 is 0 Å². The second kappa shape index (κ2) is 10.0. The van der Waals surface area contributed by atoms with Gasteiger partial charge in [0, 0.05) is 38.2 Å². The van der Waals surface area contributed by atoms with Crippen LogP contribution in [0.5, 0.6) is 0 Å². The van der Waals surface area contributed by atoms with Crippen LogP contribution in [0.2, 0.25) is 0 Å². The molecular weight excluding hydrogens is 550 g/mol. The Hall–Kier alpha value is -6.00. The third kappa shape index (κ3) is 3.93. The summed E-state index contributed by atoms with van der Waals surface area (Å²) in [6, 6.07) is 39.8. The summed E-state index contributed by atoms with van der Waals surface area (Å²) in [5, 5.41) is 5.41. The van der Waals surface area contributed by atoms with Gasteiger partial charge in [0.1, 0.15) is 11.3 Å². The lowest BCUT2D eigenvalue weighted by Crippen LogP contribution is -2.06. The number of fused-ring (bicyclic) bond motifs is 10. The summed E-state index contributed by atoms with van der Waals surface area (Å²) in [7, 11) is 0. The largest absolute Gasteiger partial charge is 0.454 e. The maximum Gasteiger partial charge on any atom is 0.235 e. The van der Waals surface area contributed by atoms with E-state index in [0.29, 0.717) is 5.95 Å². The minimum absolute atomic E-state index is 0.589. The molecule has 4 heteroatoms. The highest BCUT2D eigenvalue weighted by Gasteiger charge is 2.28. The van der Waals surface area contributed by atoms with Crippen LogP contribution in [-0.4, -0.2) is 14.5 Å². The third-order valence-electron chi connectivity index (χ3n) is 8.80. The maximum atomic E-state index is 6.79. The first-order chi connectivity index (χ1) is 22.3. The van der Waals surface area contributed by atoms with Gasteiger partial charge in [0.2, 0.25) is 5.95 Å². The van der Waals surface area contributed by atoms with Gasteiger partial charge in [0.05, 0.1) is 16.7 Å². The fraction of sp³-hybridized carbons (Fsp3) is 0.0244. The molecule has 9 rings (SSSR count). The van der Waals surface area contributed by atoms with Crippen LogP contribution in [0.1, 0.15) is 11.1 Å². The van der Waals surface area contributed by atoms with Gasteiger partial charge in [0.25, 0.3) is 0 Å². The molecule has 1 aliphatic rings. The molecule has 1 aliphatic carbocycles. The van der Waals surface area contributed by atoms with Crippen LogP contribution in [0.25, 0.3) is 77.8 Å². The molecule has 0 aliphatic heterocycles. The summed E-state index contributed by atoms with van der Waals surface area (Å²) in [6.45, 7) is 4.55. The Labute approximate surface area is 259 Å². The van der Waals surface area contributed by atoms with Crippen molar-refractivity contribution in [2.24, 2.45) is 0 Å². The van der Waals surface area contributed by atoms with E-state index in [1.165, 1.54) is 0 Å². The van der Waals surface area contributed by atoms with Crippen molar-refractivity contribution in [3.8, 4) is 28.7 Å². The van der Waals surface area contributed by atoms with Crippen LogP contribution < -0.4 is 0 Å². The van der Waals surface area contributed by atoms with Gasteiger partial charge < -0.3 is 4.42 Å². The number of nitrogens with zero attached hydrogens (tertiary/aromatic N) is 3. The van der Waals surface area contributed by atoms with Crippen molar-refractivity contribution in [2.45, 2.75) is 6.42 Å². The lowest BCUT2D eigenvalue weighted by atomic mass is 9.97. The molecule has 8 aromatic rings. The van der Waals surface area contributed by atoms with Crippen molar-refractivity contribution >= 4 is 49.1 Å². The predicted molar refractivity (Wildman–Crippen MR) is 186 cm³/mol.